The molecule has 0 spiro atoms. The summed E-state index contributed by atoms with van der Waals surface area (Å²) in [7, 11) is 3.16. The molecular formula is C17H21N3O4S. The number of nitrogens with one attached hydrogen (secondary N) is 2. The number of thioether (sulfide) groups is 1. The topological polar surface area (TPSA) is 85.4 Å². The number of anilines is 1. The average molecular weight is 363 g/mol. The van der Waals surface area contributed by atoms with Gasteiger partial charge in [-0.2, -0.15) is 0 Å². The van der Waals surface area contributed by atoms with Crippen molar-refractivity contribution in [3.8, 4) is 11.5 Å². The molecule has 0 fully saturated rings. The molecule has 134 valence electrons. The smallest absolute Gasteiger partial charge is 0.270 e. The van der Waals surface area contributed by atoms with Crippen molar-refractivity contribution in [1.29, 1.82) is 0 Å². The molecular weight excluding hydrogens is 342 g/mol. The zero-order valence-corrected chi connectivity index (χ0v) is 15.4. The normalized spacial score (nSPS) is 17.0. The van der Waals surface area contributed by atoms with Crippen molar-refractivity contribution in [3.05, 3.63) is 39.7 Å². The molecule has 1 atom stereocenters. The van der Waals surface area contributed by atoms with Crippen LogP contribution < -0.4 is 20.3 Å². The van der Waals surface area contributed by atoms with Crippen molar-refractivity contribution in [2.24, 2.45) is 0 Å². The Kier molecular flexibility index (Phi) is 4.80. The molecule has 2 aromatic rings. The van der Waals surface area contributed by atoms with Gasteiger partial charge in [0.05, 0.1) is 30.8 Å². The number of benzene rings is 1. The molecule has 1 aliphatic rings. The van der Waals surface area contributed by atoms with Crippen LogP contribution in [0.1, 0.15) is 36.3 Å². The Hall–Kier alpha value is -2.35. The van der Waals surface area contributed by atoms with Crippen LogP contribution in [0.25, 0.3) is 0 Å². The molecule has 8 heteroatoms. The van der Waals surface area contributed by atoms with Crippen LogP contribution in [0.5, 0.6) is 11.5 Å². The van der Waals surface area contributed by atoms with E-state index in [1.807, 2.05) is 26.0 Å². The van der Waals surface area contributed by atoms with Crippen LogP contribution in [-0.4, -0.2) is 35.7 Å². The molecule has 1 aliphatic heterocycles. The molecule has 1 aromatic heterocycles. The lowest BCUT2D eigenvalue weighted by Gasteiger charge is -2.18. The van der Waals surface area contributed by atoms with Crippen molar-refractivity contribution in [2.45, 2.75) is 25.1 Å². The van der Waals surface area contributed by atoms with Gasteiger partial charge in [0.15, 0.2) is 0 Å². The van der Waals surface area contributed by atoms with E-state index in [1.54, 1.807) is 25.0 Å². The highest BCUT2D eigenvalue weighted by Gasteiger charge is 2.32. The van der Waals surface area contributed by atoms with E-state index in [9.17, 15) is 9.59 Å². The molecule has 0 saturated carbocycles. The van der Waals surface area contributed by atoms with E-state index < -0.39 is 0 Å². The molecule has 2 N–H and O–H groups in total. The van der Waals surface area contributed by atoms with Gasteiger partial charge < -0.3 is 14.8 Å². The fourth-order valence-electron chi connectivity index (χ4n) is 2.91. The third-order valence-electron chi connectivity index (χ3n) is 4.10. The summed E-state index contributed by atoms with van der Waals surface area (Å²) in [6.07, 6.45) is 0. The molecule has 7 nitrogen and oxygen atoms in total. The van der Waals surface area contributed by atoms with Gasteiger partial charge in [0.25, 0.3) is 5.56 Å². The molecule has 0 bridgehead atoms. The highest BCUT2D eigenvalue weighted by molar-refractivity contribution is 8.00. The quantitative estimate of drug-likeness (QED) is 0.872. The highest BCUT2D eigenvalue weighted by Crippen LogP contribution is 2.44. The number of aromatic nitrogens is 2. The summed E-state index contributed by atoms with van der Waals surface area (Å²) in [6, 6.07) is 5.49. The first-order valence-electron chi connectivity index (χ1n) is 7.94. The summed E-state index contributed by atoms with van der Waals surface area (Å²) >= 11 is 1.40. The molecule has 3 rings (SSSR count). The number of ether oxygens (including phenoxy) is 2. The van der Waals surface area contributed by atoms with Gasteiger partial charge in [-0.15, -0.1) is 11.8 Å². The van der Waals surface area contributed by atoms with Crippen LogP contribution in [0.15, 0.2) is 23.0 Å². The first-order chi connectivity index (χ1) is 12.0. The van der Waals surface area contributed by atoms with E-state index in [1.165, 1.54) is 11.8 Å². The first kappa shape index (κ1) is 17.5. The van der Waals surface area contributed by atoms with Gasteiger partial charge >= 0.3 is 0 Å². The predicted octanol–water partition coefficient (Wildman–Crippen LogP) is 2.55. The van der Waals surface area contributed by atoms with Crippen molar-refractivity contribution >= 4 is 23.5 Å². The van der Waals surface area contributed by atoms with Gasteiger partial charge in [-0.3, -0.25) is 19.4 Å². The van der Waals surface area contributed by atoms with E-state index >= 15 is 0 Å². The van der Waals surface area contributed by atoms with Crippen LogP contribution in [-0.2, 0) is 4.79 Å². The second kappa shape index (κ2) is 6.87. The maximum Gasteiger partial charge on any atom is 0.270 e. The van der Waals surface area contributed by atoms with Gasteiger partial charge in [0, 0.05) is 17.7 Å². The van der Waals surface area contributed by atoms with Crippen molar-refractivity contribution < 1.29 is 14.3 Å². The number of aromatic amines is 1. The Labute approximate surface area is 149 Å². The number of carbonyl (C=O) groups is 1. The van der Waals surface area contributed by atoms with Gasteiger partial charge in [0.1, 0.15) is 17.3 Å². The molecule has 1 aromatic carbocycles. The van der Waals surface area contributed by atoms with E-state index in [2.05, 4.69) is 10.4 Å². The van der Waals surface area contributed by atoms with E-state index in [4.69, 9.17) is 9.47 Å². The third-order valence-corrected chi connectivity index (χ3v) is 5.36. The highest BCUT2D eigenvalue weighted by atomic mass is 32.2. The SMILES string of the molecule is COc1ccc([C@@H]2SCC(=O)Nc3c2c(=O)[nH]n3C(C)C)c(OC)c1. The van der Waals surface area contributed by atoms with Crippen LogP contribution >= 0.6 is 11.8 Å². The number of H-pyrrole nitrogens is 1. The second-order valence-corrected chi connectivity index (χ2v) is 7.11. The molecule has 0 aliphatic carbocycles. The fourth-order valence-corrected chi connectivity index (χ4v) is 4.06. The minimum Gasteiger partial charge on any atom is -0.497 e. The Morgan fingerprint density at radius 2 is 2.00 bits per heavy atom. The average Bonchev–Trinajstić information content (AvgIpc) is 2.81. The summed E-state index contributed by atoms with van der Waals surface area (Å²) < 4.78 is 12.4. The number of amides is 1. The molecule has 0 unspecified atom stereocenters. The molecule has 0 radical (unpaired) electrons. The zero-order valence-electron chi connectivity index (χ0n) is 14.6. The van der Waals surface area contributed by atoms with Gasteiger partial charge in [-0.05, 0) is 19.9 Å². The maximum absolute atomic E-state index is 12.6. The molecule has 0 saturated heterocycles. The summed E-state index contributed by atoms with van der Waals surface area (Å²) in [4.78, 5) is 24.8. The predicted molar refractivity (Wildman–Crippen MR) is 97.9 cm³/mol. The third kappa shape index (κ3) is 3.13. The number of rotatable bonds is 4. The summed E-state index contributed by atoms with van der Waals surface area (Å²) in [5.41, 5.74) is 1.16. The number of carbonyl (C=O) groups excluding carboxylic acids is 1. The van der Waals surface area contributed by atoms with Crippen LogP contribution in [0.2, 0.25) is 0 Å². The summed E-state index contributed by atoms with van der Waals surface area (Å²) in [5.74, 6) is 1.94. The van der Waals surface area contributed by atoms with Crippen LogP contribution in [0.4, 0.5) is 5.82 Å². The number of fused-ring (bicyclic) bond motifs is 1. The maximum atomic E-state index is 12.6. The van der Waals surface area contributed by atoms with Crippen molar-refractivity contribution in [3.63, 3.8) is 0 Å². The standard InChI is InChI=1S/C17H21N3O4S/c1-9(2)20-16-14(17(22)19-20)15(25-8-13(21)18-16)11-6-5-10(23-3)7-12(11)24-4/h5-7,9,15H,8H2,1-4H3,(H,18,21)(H,19,22)/t15-/m0/s1. The molecule has 2 heterocycles. The fraction of sp³-hybridized carbons (Fsp3) is 0.412. The van der Waals surface area contributed by atoms with Crippen molar-refractivity contribution in [1.82, 2.24) is 9.78 Å². The van der Waals surface area contributed by atoms with Gasteiger partial charge in [-0.1, -0.05) is 6.07 Å². The monoisotopic (exact) mass is 363 g/mol. The lowest BCUT2D eigenvalue weighted by Crippen LogP contribution is -2.17. The molecule has 1 amide bonds. The lowest BCUT2D eigenvalue weighted by molar-refractivity contribution is -0.113. The summed E-state index contributed by atoms with van der Waals surface area (Å²) in [6.45, 7) is 3.90. The Morgan fingerprint density at radius 3 is 2.64 bits per heavy atom. The van der Waals surface area contributed by atoms with E-state index in [0.29, 0.717) is 22.9 Å². The Bertz CT molecular complexity index is 856. The number of nitrogens with zero attached hydrogens (tertiary/aromatic N) is 1. The van der Waals surface area contributed by atoms with Crippen molar-refractivity contribution in [2.75, 3.05) is 25.3 Å². The zero-order chi connectivity index (χ0) is 18.1. The Balaban J connectivity index is 2.19. The van der Waals surface area contributed by atoms with Crippen LogP contribution in [0, 0.1) is 0 Å². The Morgan fingerprint density at radius 1 is 1.24 bits per heavy atom. The largest absolute Gasteiger partial charge is 0.497 e. The number of hydrogen-bond acceptors (Lipinski definition) is 5. The van der Waals surface area contributed by atoms with Gasteiger partial charge in [-0.25, -0.2) is 0 Å². The van der Waals surface area contributed by atoms with E-state index in [-0.39, 0.29) is 28.5 Å². The van der Waals surface area contributed by atoms with E-state index in [0.717, 1.165) is 5.56 Å². The number of methoxy groups -OCH3 is 2. The van der Waals surface area contributed by atoms with Gasteiger partial charge in [0.2, 0.25) is 5.91 Å². The second-order valence-electron chi connectivity index (χ2n) is 6.01. The minimum atomic E-state index is -0.321. The number of hydrogen-bond donors (Lipinski definition) is 2. The molecule has 25 heavy (non-hydrogen) atoms. The minimum absolute atomic E-state index is 0.0123. The lowest BCUT2D eigenvalue weighted by atomic mass is 10.0. The first-order valence-corrected chi connectivity index (χ1v) is 8.99. The van der Waals surface area contributed by atoms with Crippen LogP contribution in [0.3, 0.4) is 0 Å². The summed E-state index contributed by atoms with van der Waals surface area (Å²) in [5, 5.41) is 5.37.